The molecule has 0 unspecified atom stereocenters. The molecule has 0 bridgehead atoms. The molecule has 0 amide bonds. The van der Waals surface area contributed by atoms with Gasteiger partial charge < -0.3 is 5.11 Å². The van der Waals surface area contributed by atoms with E-state index in [1.807, 2.05) is 0 Å². The average Bonchev–Trinajstić information content (AvgIpc) is 2.82. The Morgan fingerprint density at radius 2 is 1.39 bits per heavy atom. The molecule has 2 aliphatic rings. The SMILES string of the molecule is CC[C@H]1CC[C@H](C2CCC(c3ccc(C(=O)O)c(F)c3-c3cc(F)c(F)c(F)c3)CC2)CC1. The van der Waals surface area contributed by atoms with Crippen LogP contribution in [-0.4, -0.2) is 11.1 Å². The summed E-state index contributed by atoms with van der Waals surface area (Å²) in [6.45, 7) is 2.25. The number of carbonyl (C=O) groups is 1. The zero-order chi connectivity index (χ0) is 23.7. The van der Waals surface area contributed by atoms with Crippen molar-refractivity contribution in [2.24, 2.45) is 17.8 Å². The van der Waals surface area contributed by atoms with Gasteiger partial charge in [-0.15, -0.1) is 0 Å². The minimum Gasteiger partial charge on any atom is -0.478 e. The molecule has 6 heteroatoms. The molecule has 33 heavy (non-hydrogen) atoms. The zero-order valence-corrected chi connectivity index (χ0v) is 18.9. The van der Waals surface area contributed by atoms with E-state index in [9.17, 15) is 23.1 Å². The average molecular weight is 463 g/mol. The number of aromatic carboxylic acids is 1. The van der Waals surface area contributed by atoms with E-state index in [0.717, 1.165) is 49.7 Å². The van der Waals surface area contributed by atoms with Crippen LogP contribution in [0, 0.1) is 41.0 Å². The van der Waals surface area contributed by atoms with Crippen molar-refractivity contribution in [1.29, 1.82) is 0 Å². The van der Waals surface area contributed by atoms with Crippen LogP contribution < -0.4 is 0 Å². The van der Waals surface area contributed by atoms with Gasteiger partial charge in [-0.3, -0.25) is 0 Å². The summed E-state index contributed by atoms with van der Waals surface area (Å²) in [6, 6.07) is 4.25. The topological polar surface area (TPSA) is 37.3 Å². The van der Waals surface area contributed by atoms with Crippen LogP contribution in [0.2, 0.25) is 0 Å². The molecule has 0 atom stereocenters. The highest BCUT2D eigenvalue weighted by Gasteiger charge is 2.33. The van der Waals surface area contributed by atoms with Gasteiger partial charge in [-0.25, -0.2) is 22.4 Å². The normalized spacial score (nSPS) is 25.7. The number of carboxylic acids is 1. The van der Waals surface area contributed by atoms with Gasteiger partial charge in [-0.2, -0.15) is 0 Å². The van der Waals surface area contributed by atoms with Crippen LogP contribution in [0.3, 0.4) is 0 Å². The zero-order valence-electron chi connectivity index (χ0n) is 18.9. The Morgan fingerprint density at radius 1 is 0.848 bits per heavy atom. The first kappa shape index (κ1) is 23.8. The standard InChI is InChI=1S/C27H30F4O2/c1-2-15-3-5-16(6-4-15)17-7-9-18(10-8-17)20-11-12-21(27(32)33)25(30)24(20)19-13-22(28)26(31)23(29)14-19/h11-18H,2-10H2,1H3,(H,32,33)/t15-,16-,17?,18?. The van der Waals surface area contributed by atoms with Gasteiger partial charge in [-0.05, 0) is 91.5 Å². The lowest BCUT2D eigenvalue weighted by molar-refractivity contribution is 0.0692. The largest absolute Gasteiger partial charge is 0.478 e. The summed E-state index contributed by atoms with van der Waals surface area (Å²) in [5.41, 5.74) is -0.349. The summed E-state index contributed by atoms with van der Waals surface area (Å²) in [5, 5.41) is 9.36. The third-order valence-electron chi connectivity index (χ3n) is 8.02. The van der Waals surface area contributed by atoms with Gasteiger partial charge in [0.1, 0.15) is 5.82 Å². The van der Waals surface area contributed by atoms with E-state index in [0.29, 0.717) is 11.5 Å². The number of hydrogen-bond donors (Lipinski definition) is 1. The maximum absolute atomic E-state index is 15.3. The van der Waals surface area contributed by atoms with Gasteiger partial charge in [0, 0.05) is 5.56 Å². The van der Waals surface area contributed by atoms with E-state index in [-0.39, 0.29) is 17.0 Å². The van der Waals surface area contributed by atoms with Crippen LogP contribution in [0.25, 0.3) is 11.1 Å². The number of carboxylic acid groups (broad SMARTS) is 1. The monoisotopic (exact) mass is 462 g/mol. The lowest BCUT2D eigenvalue weighted by Crippen LogP contribution is -2.25. The molecule has 0 spiro atoms. The second kappa shape index (κ2) is 9.86. The van der Waals surface area contributed by atoms with Crippen molar-refractivity contribution in [2.45, 2.75) is 70.6 Å². The molecule has 0 aromatic heterocycles. The molecule has 0 heterocycles. The fourth-order valence-corrected chi connectivity index (χ4v) is 6.06. The first-order chi connectivity index (χ1) is 15.8. The Morgan fingerprint density at radius 3 is 1.91 bits per heavy atom. The molecule has 0 radical (unpaired) electrons. The molecule has 2 aliphatic carbocycles. The number of hydrogen-bond acceptors (Lipinski definition) is 1. The second-order valence-electron chi connectivity index (χ2n) is 9.75. The Bertz CT molecular complexity index is 996. The lowest BCUT2D eigenvalue weighted by Gasteiger charge is -2.38. The Hall–Kier alpha value is -2.37. The summed E-state index contributed by atoms with van der Waals surface area (Å²) in [5.74, 6) is -4.84. The number of rotatable bonds is 5. The maximum atomic E-state index is 15.3. The summed E-state index contributed by atoms with van der Waals surface area (Å²) >= 11 is 0. The van der Waals surface area contributed by atoms with Crippen LogP contribution >= 0.6 is 0 Å². The Kier molecular flexibility index (Phi) is 7.10. The van der Waals surface area contributed by atoms with E-state index >= 15 is 4.39 Å². The summed E-state index contributed by atoms with van der Waals surface area (Å²) < 4.78 is 56.7. The number of benzene rings is 2. The quantitative estimate of drug-likeness (QED) is 0.360. The molecule has 2 fully saturated rings. The molecule has 0 saturated heterocycles. The van der Waals surface area contributed by atoms with Crippen molar-refractivity contribution in [2.75, 3.05) is 0 Å². The van der Waals surface area contributed by atoms with Gasteiger partial charge in [0.15, 0.2) is 17.5 Å². The molecule has 0 aliphatic heterocycles. The van der Waals surface area contributed by atoms with E-state index in [4.69, 9.17) is 0 Å². The summed E-state index contributed by atoms with van der Waals surface area (Å²) in [4.78, 5) is 11.5. The van der Waals surface area contributed by atoms with Crippen molar-refractivity contribution in [3.63, 3.8) is 0 Å². The third-order valence-corrected chi connectivity index (χ3v) is 8.02. The first-order valence-corrected chi connectivity index (χ1v) is 12.0. The van der Waals surface area contributed by atoms with Crippen LogP contribution in [0.5, 0.6) is 0 Å². The molecule has 178 valence electrons. The number of halogens is 4. The van der Waals surface area contributed by atoms with Crippen molar-refractivity contribution >= 4 is 5.97 Å². The van der Waals surface area contributed by atoms with Crippen molar-refractivity contribution in [3.8, 4) is 11.1 Å². The van der Waals surface area contributed by atoms with Gasteiger partial charge >= 0.3 is 5.97 Å². The highest BCUT2D eigenvalue weighted by atomic mass is 19.2. The minimum atomic E-state index is -1.63. The second-order valence-corrected chi connectivity index (χ2v) is 9.75. The smallest absolute Gasteiger partial charge is 0.338 e. The van der Waals surface area contributed by atoms with Gasteiger partial charge in [0.25, 0.3) is 0 Å². The highest BCUT2D eigenvalue weighted by molar-refractivity contribution is 5.90. The predicted molar refractivity (Wildman–Crippen MR) is 119 cm³/mol. The fraction of sp³-hybridized carbons (Fsp3) is 0.519. The van der Waals surface area contributed by atoms with Gasteiger partial charge in [0.2, 0.25) is 0 Å². The molecule has 4 rings (SSSR count). The van der Waals surface area contributed by atoms with E-state index in [2.05, 4.69) is 6.92 Å². The molecule has 1 N–H and O–H groups in total. The van der Waals surface area contributed by atoms with Crippen LogP contribution in [0.1, 0.15) is 86.6 Å². The summed E-state index contributed by atoms with van der Waals surface area (Å²) in [6.07, 6.45) is 9.95. The van der Waals surface area contributed by atoms with Crippen molar-refractivity contribution in [1.82, 2.24) is 0 Å². The summed E-state index contributed by atoms with van der Waals surface area (Å²) in [7, 11) is 0. The Balaban J connectivity index is 1.61. The fourth-order valence-electron chi connectivity index (χ4n) is 6.06. The van der Waals surface area contributed by atoms with Crippen molar-refractivity contribution < 1.29 is 27.5 Å². The van der Waals surface area contributed by atoms with E-state index in [1.54, 1.807) is 6.07 Å². The molecule has 2 nitrogen and oxygen atoms in total. The molecular weight excluding hydrogens is 432 g/mol. The van der Waals surface area contributed by atoms with Crippen LogP contribution in [-0.2, 0) is 0 Å². The third kappa shape index (κ3) is 4.80. The predicted octanol–water partition coefficient (Wildman–Crippen LogP) is 8.10. The lowest BCUT2D eigenvalue weighted by atomic mass is 9.67. The molecular formula is C27H30F4O2. The van der Waals surface area contributed by atoms with Gasteiger partial charge in [-0.1, -0.05) is 32.3 Å². The molecule has 2 aromatic rings. The highest BCUT2D eigenvalue weighted by Crippen LogP contribution is 2.46. The molecule has 2 aromatic carbocycles. The first-order valence-electron chi connectivity index (χ1n) is 12.0. The van der Waals surface area contributed by atoms with Gasteiger partial charge in [0.05, 0.1) is 5.56 Å². The minimum absolute atomic E-state index is 0.0447. The Labute approximate surface area is 192 Å². The van der Waals surface area contributed by atoms with Crippen molar-refractivity contribution in [3.05, 3.63) is 58.7 Å². The maximum Gasteiger partial charge on any atom is 0.338 e. The van der Waals surface area contributed by atoms with Crippen LogP contribution in [0.15, 0.2) is 24.3 Å². The van der Waals surface area contributed by atoms with E-state index in [1.165, 1.54) is 38.2 Å². The van der Waals surface area contributed by atoms with Crippen LogP contribution in [0.4, 0.5) is 17.6 Å². The molecule has 2 saturated carbocycles. The van der Waals surface area contributed by atoms with E-state index < -0.39 is 34.8 Å².